The third-order valence-electron chi connectivity index (χ3n) is 5.11. The Bertz CT molecular complexity index is 926. The van der Waals surface area contributed by atoms with Crippen molar-refractivity contribution in [2.24, 2.45) is 0 Å². The fourth-order valence-electron chi connectivity index (χ4n) is 3.68. The molecule has 0 spiro atoms. The molecule has 27 heavy (non-hydrogen) atoms. The summed E-state index contributed by atoms with van der Waals surface area (Å²) in [4.78, 5) is 11.1. The van der Waals surface area contributed by atoms with Crippen LogP contribution < -0.4 is 0 Å². The van der Waals surface area contributed by atoms with Gasteiger partial charge in [0, 0.05) is 25.0 Å². The van der Waals surface area contributed by atoms with Gasteiger partial charge < -0.3 is 4.42 Å². The Morgan fingerprint density at radius 1 is 1.19 bits per heavy atom. The van der Waals surface area contributed by atoms with Crippen LogP contribution in [0.15, 0.2) is 47.1 Å². The van der Waals surface area contributed by atoms with Crippen LogP contribution >= 0.6 is 0 Å². The van der Waals surface area contributed by atoms with Crippen molar-refractivity contribution in [2.75, 3.05) is 6.54 Å². The average molecular weight is 369 g/mol. The summed E-state index contributed by atoms with van der Waals surface area (Å²) in [6.07, 6.45) is 7.05. The molecule has 1 aliphatic rings. The Hall–Kier alpha value is -2.60. The molecule has 0 aliphatic carbocycles. The summed E-state index contributed by atoms with van der Waals surface area (Å²) in [5.41, 5.74) is 1.99. The van der Waals surface area contributed by atoms with E-state index in [2.05, 4.69) is 20.9 Å². The van der Waals surface area contributed by atoms with E-state index in [9.17, 15) is 8.78 Å². The average Bonchev–Trinajstić information content (AvgIpc) is 3.05. The second-order valence-corrected chi connectivity index (χ2v) is 6.89. The van der Waals surface area contributed by atoms with Gasteiger partial charge in [-0.1, -0.05) is 18.6 Å². The zero-order valence-corrected chi connectivity index (χ0v) is 15.2. The van der Waals surface area contributed by atoms with Crippen molar-refractivity contribution < 1.29 is 13.2 Å². The Kier molecular flexibility index (Phi) is 4.99. The van der Waals surface area contributed by atoms with E-state index in [-0.39, 0.29) is 17.5 Å². The Morgan fingerprint density at radius 3 is 2.89 bits per heavy atom. The number of benzene rings is 1. The normalized spacial score (nSPS) is 18.0. The molecule has 1 aromatic carbocycles. The minimum absolute atomic E-state index is 0.0480. The highest BCUT2D eigenvalue weighted by molar-refractivity contribution is 5.54. The van der Waals surface area contributed by atoms with Gasteiger partial charge in [0.15, 0.2) is 11.6 Å². The summed E-state index contributed by atoms with van der Waals surface area (Å²) in [6, 6.07) is 8.34. The molecule has 1 aliphatic heterocycles. The first kappa shape index (κ1) is 17.8. The Labute approximate surface area is 156 Å². The number of nitrogens with zero attached hydrogens (tertiary/aromatic N) is 3. The zero-order valence-electron chi connectivity index (χ0n) is 15.2. The second kappa shape index (κ2) is 7.56. The predicted molar refractivity (Wildman–Crippen MR) is 97.8 cm³/mol. The van der Waals surface area contributed by atoms with Crippen LogP contribution in [0.5, 0.6) is 0 Å². The third kappa shape index (κ3) is 3.62. The zero-order chi connectivity index (χ0) is 18.8. The van der Waals surface area contributed by atoms with Crippen LogP contribution in [-0.4, -0.2) is 21.4 Å². The highest BCUT2D eigenvalue weighted by atomic mass is 19.2. The van der Waals surface area contributed by atoms with Gasteiger partial charge in [0.05, 0.1) is 11.3 Å². The van der Waals surface area contributed by atoms with E-state index in [1.54, 1.807) is 6.20 Å². The van der Waals surface area contributed by atoms with Gasteiger partial charge in [0.25, 0.3) is 0 Å². The number of oxazole rings is 1. The summed E-state index contributed by atoms with van der Waals surface area (Å²) in [5.74, 6) is -1.09. The minimum Gasteiger partial charge on any atom is -0.441 e. The molecule has 0 saturated carbocycles. The van der Waals surface area contributed by atoms with Gasteiger partial charge in [0.1, 0.15) is 5.76 Å². The maximum atomic E-state index is 14.1. The van der Waals surface area contributed by atoms with Crippen LogP contribution in [0.25, 0.3) is 11.5 Å². The molecule has 1 saturated heterocycles. The van der Waals surface area contributed by atoms with E-state index in [0.29, 0.717) is 12.3 Å². The van der Waals surface area contributed by atoms with Crippen molar-refractivity contribution in [3.63, 3.8) is 0 Å². The largest absolute Gasteiger partial charge is 0.441 e. The molecular formula is C21H21F2N3O. The van der Waals surface area contributed by atoms with Gasteiger partial charge >= 0.3 is 0 Å². The molecule has 140 valence electrons. The fourth-order valence-corrected chi connectivity index (χ4v) is 3.68. The van der Waals surface area contributed by atoms with Gasteiger partial charge in [-0.05, 0) is 50.1 Å². The van der Waals surface area contributed by atoms with Crippen molar-refractivity contribution in [2.45, 2.75) is 38.8 Å². The molecule has 4 rings (SSSR count). The number of hydrogen-bond acceptors (Lipinski definition) is 4. The van der Waals surface area contributed by atoms with Crippen LogP contribution in [0.3, 0.4) is 0 Å². The molecule has 1 atom stereocenters. The van der Waals surface area contributed by atoms with Crippen molar-refractivity contribution in [1.29, 1.82) is 0 Å². The molecule has 1 fully saturated rings. The number of rotatable bonds is 4. The van der Waals surface area contributed by atoms with Gasteiger partial charge in [-0.2, -0.15) is 0 Å². The maximum absolute atomic E-state index is 14.1. The van der Waals surface area contributed by atoms with Crippen LogP contribution in [0.2, 0.25) is 0 Å². The van der Waals surface area contributed by atoms with Crippen LogP contribution in [0.4, 0.5) is 8.78 Å². The minimum atomic E-state index is -0.934. The van der Waals surface area contributed by atoms with E-state index in [1.165, 1.54) is 24.1 Å². The van der Waals surface area contributed by atoms with E-state index >= 15 is 0 Å². The van der Waals surface area contributed by atoms with Gasteiger partial charge in [0.2, 0.25) is 5.89 Å². The van der Waals surface area contributed by atoms with E-state index in [1.807, 2.05) is 19.2 Å². The first-order chi connectivity index (χ1) is 13.1. The monoisotopic (exact) mass is 369 g/mol. The van der Waals surface area contributed by atoms with Gasteiger partial charge in [-0.25, -0.2) is 13.8 Å². The first-order valence-corrected chi connectivity index (χ1v) is 9.18. The van der Waals surface area contributed by atoms with E-state index in [4.69, 9.17) is 4.42 Å². The number of aromatic nitrogens is 2. The summed E-state index contributed by atoms with van der Waals surface area (Å²) in [5, 5.41) is 0. The lowest BCUT2D eigenvalue weighted by Gasteiger charge is -2.35. The molecule has 3 aromatic rings. The van der Waals surface area contributed by atoms with Crippen molar-refractivity contribution in [3.8, 4) is 11.5 Å². The predicted octanol–water partition coefficient (Wildman–Crippen LogP) is 5.05. The molecule has 3 heterocycles. The van der Waals surface area contributed by atoms with E-state index in [0.717, 1.165) is 31.1 Å². The quantitative estimate of drug-likeness (QED) is 0.645. The number of aryl methyl sites for hydroxylation is 1. The topological polar surface area (TPSA) is 42.2 Å². The van der Waals surface area contributed by atoms with Crippen molar-refractivity contribution in [3.05, 3.63) is 71.4 Å². The standard InChI is InChI=1S/C21H21F2N3O/c1-14-18(25-21(27-14)16-7-4-8-17(22)20(16)23)13-26-11-3-2-9-19(26)15-6-5-10-24-12-15/h4-8,10,12,19H,2-3,9,11,13H2,1H3/t19-/m1/s1. The highest BCUT2D eigenvalue weighted by Gasteiger charge is 2.26. The second-order valence-electron chi connectivity index (χ2n) is 6.89. The molecule has 0 amide bonds. The SMILES string of the molecule is Cc1oc(-c2cccc(F)c2F)nc1CN1CCCC[C@@H]1c1cccnc1. The van der Waals surface area contributed by atoms with Crippen molar-refractivity contribution in [1.82, 2.24) is 14.9 Å². The molecule has 4 nitrogen and oxygen atoms in total. The van der Waals surface area contributed by atoms with Gasteiger partial charge in [-0.3, -0.25) is 9.88 Å². The number of halogens is 2. The first-order valence-electron chi connectivity index (χ1n) is 9.18. The number of piperidine rings is 1. The molecule has 2 aromatic heterocycles. The highest BCUT2D eigenvalue weighted by Crippen LogP contribution is 2.33. The molecular weight excluding hydrogens is 348 g/mol. The maximum Gasteiger partial charge on any atom is 0.229 e. The molecule has 0 N–H and O–H groups in total. The molecule has 0 radical (unpaired) electrons. The molecule has 0 bridgehead atoms. The summed E-state index contributed by atoms with van der Waals surface area (Å²) >= 11 is 0. The number of likely N-dealkylation sites (tertiary alicyclic amines) is 1. The van der Waals surface area contributed by atoms with E-state index < -0.39 is 11.6 Å². The lowest BCUT2D eigenvalue weighted by Crippen LogP contribution is -2.33. The number of pyridine rings is 1. The molecule has 0 unspecified atom stereocenters. The lowest BCUT2D eigenvalue weighted by atomic mass is 9.96. The van der Waals surface area contributed by atoms with Crippen LogP contribution in [-0.2, 0) is 6.54 Å². The summed E-state index contributed by atoms with van der Waals surface area (Å²) in [6.45, 7) is 3.37. The molecule has 6 heteroatoms. The van der Waals surface area contributed by atoms with Crippen LogP contribution in [0, 0.1) is 18.6 Å². The fraction of sp³-hybridized carbons (Fsp3) is 0.333. The number of hydrogen-bond donors (Lipinski definition) is 0. The summed E-state index contributed by atoms with van der Waals surface area (Å²) < 4.78 is 33.3. The third-order valence-corrected chi connectivity index (χ3v) is 5.11. The van der Waals surface area contributed by atoms with Crippen molar-refractivity contribution >= 4 is 0 Å². The summed E-state index contributed by atoms with van der Waals surface area (Å²) in [7, 11) is 0. The smallest absolute Gasteiger partial charge is 0.229 e. The lowest BCUT2D eigenvalue weighted by molar-refractivity contribution is 0.138. The Morgan fingerprint density at radius 2 is 2.07 bits per heavy atom. The Balaban J connectivity index is 1.60. The van der Waals surface area contributed by atoms with Crippen LogP contribution in [0.1, 0.15) is 42.3 Å². The van der Waals surface area contributed by atoms with Gasteiger partial charge in [-0.15, -0.1) is 0 Å².